The summed E-state index contributed by atoms with van der Waals surface area (Å²) in [7, 11) is 0.361. The predicted molar refractivity (Wildman–Crippen MR) is 117 cm³/mol. The maximum Gasteiger partial charge on any atom is 0.245 e. The Hall–Kier alpha value is -2.92. The van der Waals surface area contributed by atoms with Crippen molar-refractivity contribution in [2.45, 2.75) is 17.7 Å². The van der Waals surface area contributed by atoms with Crippen molar-refractivity contribution in [1.29, 1.82) is 0 Å². The van der Waals surface area contributed by atoms with Crippen LogP contribution in [0.5, 0.6) is 5.75 Å². The van der Waals surface area contributed by atoms with Gasteiger partial charge >= 0.3 is 0 Å². The smallest absolute Gasteiger partial charge is 0.245 e. The van der Waals surface area contributed by atoms with Crippen LogP contribution in [0, 0.1) is 0 Å². The topological polar surface area (TPSA) is 46.6 Å². The maximum absolute atomic E-state index is 13.1. The monoisotopic (exact) mass is 405 g/mol. The third kappa shape index (κ3) is 3.96. The van der Waals surface area contributed by atoms with E-state index in [2.05, 4.69) is 0 Å². The normalized spacial score (nSPS) is 19.5. The molecule has 29 heavy (non-hydrogen) atoms. The molecular weight excluding hydrogens is 382 g/mol. The van der Waals surface area contributed by atoms with Gasteiger partial charge in [-0.3, -0.25) is 9.00 Å². The summed E-state index contributed by atoms with van der Waals surface area (Å²) in [5.41, 5.74) is 2.93. The number of carbonyl (C=O) groups is 1. The lowest BCUT2D eigenvalue weighted by Crippen LogP contribution is -2.61. The third-order valence-corrected chi connectivity index (χ3v) is 6.89. The fourth-order valence-electron chi connectivity index (χ4n) is 3.71. The molecule has 0 unspecified atom stereocenters. The van der Waals surface area contributed by atoms with E-state index < -0.39 is 16.0 Å². The van der Waals surface area contributed by atoms with Gasteiger partial charge in [0.2, 0.25) is 5.91 Å². The van der Waals surface area contributed by atoms with Gasteiger partial charge in [-0.25, -0.2) is 0 Å². The number of rotatable bonds is 7. The number of aryl methyl sites for hydroxylation is 1. The molecule has 3 aromatic rings. The van der Waals surface area contributed by atoms with Crippen molar-refractivity contribution in [3.8, 4) is 5.75 Å². The second-order valence-electron chi connectivity index (χ2n) is 7.00. The Morgan fingerprint density at radius 3 is 2.14 bits per heavy atom. The van der Waals surface area contributed by atoms with Gasteiger partial charge in [0.05, 0.1) is 13.2 Å². The number of hydrogen-bond acceptors (Lipinski definition) is 3. The fourth-order valence-corrected chi connectivity index (χ4v) is 5.31. The van der Waals surface area contributed by atoms with E-state index in [1.54, 1.807) is 12.0 Å². The summed E-state index contributed by atoms with van der Waals surface area (Å²) < 4.78 is 18.4. The van der Waals surface area contributed by atoms with Crippen molar-refractivity contribution < 1.29 is 13.7 Å². The largest absolute Gasteiger partial charge is 0.497 e. The van der Waals surface area contributed by atoms with E-state index in [0.29, 0.717) is 12.2 Å². The molecule has 0 saturated carbocycles. The van der Waals surface area contributed by atoms with Crippen molar-refractivity contribution in [3.63, 3.8) is 0 Å². The summed E-state index contributed by atoms with van der Waals surface area (Å²) >= 11 is 0. The first-order valence-electron chi connectivity index (χ1n) is 9.62. The van der Waals surface area contributed by atoms with Gasteiger partial charge < -0.3 is 9.64 Å². The Balaban J connectivity index is 1.59. The number of amides is 1. The van der Waals surface area contributed by atoms with Crippen LogP contribution in [0.2, 0.25) is 0 Å². The van der Waals surface area contributed by atoms with E-state index in [0.717, 1.165) is 22.6 Å². The summed E-state index contributed by atoms with van der Waals surface area (Å²) in [5, 5.41) is -0.535. The molecule has 4 rings (SSSR count). The van der Waals surface area contributed by atoms with Crippen LogP contribution in [0.25, 0.3) is 0 Å². The molecule has 0 spiro atoms. The Morgan fingerprint density at radius 2 is 1.52 bits per heavy atom. The third-order valence-electron chi connectivity index (χ3n) is 5.26. The summed E-state index contributed by atoms with van der Waals surface area (Å²) in [6.45, 7) is 0. The highest BCUT2D eigenvalue weighted by molar-refractivity contribution is 7.86. The van der Waals surface area contributed by atoms with Gasteiger partial charge in [-0.1, -0.05) is 60.7 Å². The number of carbonyl (C=O) groups excluding carboxylic acids is 1. The zero-order valence-corrected chi connectivity index (χ0v) is 17.0. The molecular formula is C24H23NO3S. The van der Waals surface area contributed by atoms with Gasteiger partial charge in [-0.05, 0) is 41.8 Å². The molecule has 4 nitrogen and oxygen atoms in total. The minimum atomic E-state index is -1.26. The van der Waals surface area contributed by atoms with E-state index >= 15 is 0 Å². The first kappa shape index (κ1) is 19.4. The highest BCUT2D eigenvalue weighted by atomic mass is 32.2. The van der Waals surface area contributed by atoms with E-state index in [9.17, 15) is 9.00 Å². The Bertz CT molecular complexity index is 990. The zero-order chi connectivity index (χ0) is 20.2. The van der Waals surface area contributed by atoms with Gasteiger partial charge in [-0.2, -0.15) is 0 Å². The first-order valence-corrected chi connectivity index (χ1v) is 11.0. The SMILES string of the molecule is COc1ccc([C@@H]2[C@H]([S@@](=O)CCc3ccccc3)C(=O)N2c2ccccc2)cc1. The van der Waals surface area contributed by atoms with Crippen molar-refractivity contribution in [2.75, 3.05) is 17.8 Å². The Morgan fingerprint density at radius 1 is 0.897 bits per heavy atom. The molecule has 0 aromatic heterocycles. The number of nitrogens with zero attached hydrogens (tertiary/aromatic N) is 1. The number of para-hydroxylation sites is 1. The number of benzene rings is 3. The van der Waals surface area contributed by atoms with Gasteiger partial charge in [0.25, 0.3) is 0 Å². The van der Waals surface area contributed by atoms with E-state index in [1.807, 2.05) is 84.9 Å². The molecule has 1 aliphatic heterocycles. The lowest BCUT2D eigenvalue weighted by Gasteiger charge is -2.46. The maximum atomic E-state index is 13.1. The second kappa shape index (κ2) is 8.62. The molecule has 3 aromatic carbocycles. The molecule has 0 radical (unpaired) electrons. The Kier molecular flexibility index (Phi) is 5.76. The summed E-state index contributed by atoms with van der Waals surface area (Å²) in [6, 6.07) is 27.0. The van der Waals surface area contributed by atoms with Gasteiger partial charge in [-0.15, -0.1) is 0 Å². The minimum Gasteiger partial charge on any atom is -0.497 e. The van der Waals surface area contributed by atoms with Crippen LogP contribution in [0.4, 0.5) is 5.69 Å². The van der Waals surface area contributed by atoms with Crippen LogP contribution >= 0.6 is 0 Å². The number of hydrogen-bond donors (Lipinski definition) is 0. The second-order valence-corrected chi connectivity index (χ2v) is 8.68. The van der Waals surface area contributed by atoms with Crippen LogP contribution in [-0.4, -0.2) is 28.2 Å². The lowest BCUT2D eigenvalue weighted by atomic mass is 9.92. The summed E-state index contributed by atoms with van der Waals surface area (Å²) in [4.78, 5) is 14.8. The molecule has 0 aliphatic carbocycles. The average Bonchev–Trinajstić information content (AvgIpc) is 2.77. The molecule has 1 saturated heterocycles. The predicted octanol–water partition coefficient (Wildman–Crippen LogP) is 4.14. The molecule has 148 valence electrons. The van der Waals surface area contributed by atoms with Gasteiger partial charge in [0.1, 0.15) is 11.0 Å². The van der Waals surface area contributed by atoms with Crippen LogP contribution in [-0.2, 0) is 22.0 Å². The molecule has 1 amide bonds. The molecule has 0 N–H and O–H groups in total. The molecule has 1 aliphatic rings. The van der Waals surface area contributed by atoms with Crippen molar-refractivity contribution in [3.05, 3.63) is 96.1 Å². The van der Waals surface area contributed by atoms with E-state index in [4.69, 9.17) is 4.74 Å². The molecule has 1 fully saturated rings. The van der Waals surface area contributed by atoms with Gasteiger partial charge in [0, 0.05) is 22.2 Å². The van der Waals surface area contributed by atoms with Crippen LogP contribution < -0.4 is 9.64 Å². The number of ether oxygens (including phenoxy) is 1. The highest BCUT2D eigenvalue weighted by Gasteiger charge is 2.51. The molecule has 0 bridgehead atoms. The number of anilines is 1. The van der Waals surface area contributed by atoms with Crippen molar-refractivity contribution >= 4 is 22.4 Å². The molecule has 3 atom stereocenters. The van der Waals surface area contributed by atoms with Crippen molar-refractivity contribution in [2.24, 2.45) is 0 Å². The van der Waals surface area contributed by atoms with Crippen LogP contribution in [0.1, 0.15) is 17.2 Å². The molecule has 1 heterocycles. The summed E-state index contributed by atoms with van der Waals surface area (Å²) in [6.07, 6.45) is 0.692. The van der Waals surface area contributed by atoms with Crippen LogP contribution in [0.3, 0.4) is 0 Å². The number of methoxy groups -OCH3 is 1. The molecule has 5 heteroatoms. The zero-order valence-electron chi connectivity index (χ0n) is 16.2. The lowest BCUT2D eigenvalue weighted by molar-refractivity contribution is -0.123. The van der Waals surface area contributed by atoms with Gasteiger partial charge in [0.15, 0.2) is 0 Å². The minimum absolute atomic E-state index is 0.0802. The number of β-lactam (4-membered cyclic amide) rings is 1. The van der Waals surface area contributed by atoms with E-state index in [-0.39, 0.29) is 11.9 Å². The average molecular weight is 406 g/mol. The summed E-state index contributed by atoms with van der Waals surface area (Å²) in [5.74, 6) is 1.14. The fraction of sp³-hybridized carbons (Fsp3) is 0.208. The first-order chi connectivity index (χ1) is 14.2. The Labute approximate surface area is 173 Å². The quantitative estimate of drug-likeness (QED) is 0.555. The van der Waals surface area contributed by atoms with E-state index in [1.165, 1.54) is 0 Å². The standard InChI is InChI=1S/C24H23NO3S/c1-28-21-14-12-19(13-15-21)22-23(24(26)25(22)20-10-6-3-7-11-20)29(27)17-16-18-8-4-2-5-9-18/h2-15,22-23H,16-17H2,1H3/t22-,23+,29+/m1/s1. The van der Waals surface area contributed by atoms with Crippen molar-refractivity contribution in [1.82, 2.24) is 0 Å². The highest BCUT2D eigenvalue weighted by Crippen LogP contribution is 2.42. The van der Waals surface area contributed by atoms with Crippen LogP contribution in [0.15, 0.2) is 84.9 Å².